The first-order valence-electron chi connectivity index (χ1n) is 2.67. The van der Waals surface area contributed by atoms with E-state index in [0.717, 1.165) is 0 Å². The summed E-state index contributed by atoms with van der Waals surface area (Å²) in [6, 6.07) is 9.99. The minimum absolute atomic E-state index is 0. The van der Waals surface area contributed by atoms with Crippen molar-refractivity contribution in [1.29, 1.82) is 0 Å². The molecule has 0 heterocycles. The van der Waals surface area contributed by atoms with Crippen LogP contribution in [0.15, 0.2) is 30.3 Å². The summed E-state index contributed by atoms with van der Waals surface area (Å²) in [4.78, 5) is 0. The Morgan fingerprint density at radius 2 is 1.67 bits per heavy atom. The van der Waals surface area contributed by atoms with Crippen molar-refractivity contribution in [2.24, 2.45) is 5.73 Å². The zero-order chi connectivity index (χ0) is 5.82. The molecule has 0 fully saturated rings. The van der Waals surface area contributed by atoms with Crippen LogP contribution in [-0.2, 0) is 6.54 Å². The molecule has 1 rings (SSSR count). The monoisotopic (exact) mass is 147 g/mol. The van der Waals surface area contributed by atoms with E-state index in [-0.39, 0.29) is 51.4 Å². The van der Waals surface area contributed by atoms with E-state index >= 15 is 0 Å². The summed E-state index contributed by atoms with van der Waals surface area (Å²) in [5.41, 5.74) is 6.54. The molecule has 2 heteroatoms. The Bertz CT molecular complexity index is 150. The molecule has 2 N–H and O–H groups in total. The molecule has 0 aliphatic carbocycles. The summed E-state index contributed by atoms with van der Waals surface area (Å²) in [5.74, 6) is 0. The van der Waals surface area contributed by atoms with Crippen molar-refractivity contribution in [3.8, 4) is 0 Å². The molecule has 9 heavy (non-hydrogen) atoms. The molecule has 1 aromatic rings. The van der Waals surface area contributed by atoms with E-state index in [2.05, 4.69) is 0 Å². The average Bonchev–Trinajstić information content (AvgIpc) is 1.90. The van der Waals surface area contributed by atoms with Crippen LogP contribution in [0, 0.1) is 0 Å². The van der Waals surface area contributed by atoms with E-state index in [0.29, 0.717) is 6.54 Å². The van der Waals surface area contributed by atoms with Gasteiger partial charge in [0.1, 0.15) is 0 Å². The first kappa shape index (κ1) is 9.82. The molecule has 0 aromatic heterocycles. The molecule has 0 unspecified atom stereocenters. The molecule has 0 atom stereocenters. The maximum absolute atomic E-state index is 5.35. The predicted octanol–water partition coefficient (Wildman–Crippen LogP) is 0.497. The van der Waals surface area contributed by atoms with Gasteiger partial charge in [-0.3, -0.25) is 0 Å². The Morgan fingerprint density at radius 1 is 1.11 bits per heavy atom. The number of hydrogen-bond acceptors (Lipinski definition) is 1. The van der Waals surface area contributed by atoms with Gasteiger partial charge in [-0.15, -0.1) is 0 Å². The van der Waals surface area contributed by atoms with Gasteiger partial charge < -0.3 is 5.73 Å². The van der Waals surface area contributed by atoms with Crippen molar-refractivity contribution in [1.82, 2.24) is 0 Å². The van der Waals surface area contributed by atoms with Crippen LogP contribution >= 0.6 is 0 Å². The maximum atomic E-state index is 5.35. The fraction of sp³-hybridized carbons (Fsp3) is 0.143. The van der Waals surface area contributed by atoms with Crippen LogP contribution in [0.2, 0.25) is 0 Å². The Hall–Kier alpha value is 0.816. The Morgan fingerprint density at radius 3 is 2.00 bits per heavy atom. The SMILES string of the molecule is NCc1ccccc1.[KH]. The molecular weight excluding hydrogens is 137 g/mol. The van der Waals surface area contributed by atoms with Gasteiger partial charge in [0.2, 0.25) is 0 Å². The molecule has 0 aliphatic rings. The molecular formula is C7H10KN. The van der Waals surface area contributed by atoms with Crippen LogP contribution in [0.1, 0.15) is 5.56 Å². The third-order valence-corrected chi connectivity index (χ3v) is 1.08. The van der Waals surface area contributed by atoms with Gasteiger partial charge in [0, 0.05) is 6.54 Å². The molecule has 0 saturated carbocycles. The second-order valence-corrected chi connectivity index (χ2v) is 1.69. The quantitative estimate of drug-likeness (QED) is 0.575. The third kappa shape index (κ3) is 3.50. The van der Waals surface area contributed by atoms with Crippen LogP contribution in [0.25, 0.3) is 0 Å². The van der Waals surface area contributed by atoms with Crippen LogP contribution < -0.4 is 5.73 Å². The van der Waals surface area contributed by atoms with Gasteiger partial charge in [-0.1, -0.05) is 30.3 Å². The molecule has 0 bridgehead atoms. The first-order chi connectivity index (χ1) is 3.93. The van der Waals surface area contributed by atoms with Gasteiger partial charge in [-0.25, -0.2) is 0 Å². The standard InChI is InChI=1S/C7H9N.K.H/c8-6-7-4-2-1-3-5-7;;/h1-5H,6,8H2;;. The second kappa shape index (κ2) is 5.59. The normalized spacial score (nSPS) is 8.11. The van der Waals surface area contributed by atoms with Gasteiger partial charge in [-0.05, 0) is 5.56 Å². The van der Waals surface area contributed by atoms with Gasteiger partial charge in [-0.2, -0.15) is 0 Å². The van der Waals surface area contributed by atoms with Crippen molar-refractivity contribution in [2.75, 3.05) is 0 Å². The fourth-order valence-corrected chi connectivity index (χ4v) is 0.614. The Balaban J connectivity index is 0.000000640. The van der Waals surface area contributed by atoms with Crippen LogP contribution in [0.5, 0.6) is 0 Å². The summed E-state index contributed by atoms with van der Waals surface area (Å²) >= 11 is 0. The van der Waals surface area contributed by atoms with Gasteiger partial charge in [0.15, 0.2) is 0 Å². The van der Waals surface area contributed by atoms with Gasteiger partial charge in [0.25, 0.3) is 0 Å². The van der Waals surface area contributed by atoms with Crippen molar-refractivity contribution in [3.05, 3.63) is 35.9 Å². The summed E-state index contributed by atoms with van der Waals surface area (Å²) < 4.78 is 0. The van der Waals surface area contributed by atoms with Crippen molar-refractivity contribution < 1.29 is 0 Å². The summed E-state index contributed by atoms with van der Waals surface area (Å²) in [7, 11) is 0. The van der Waals surface area contributed by atoms with Crippen LogP contribution in [0.3, 0.4) is 0 Å². The van der Waals surface area contributed by atoms with E-state index in [1.807, 2.05) is 30.3 Å². The van der Waals surface area contributed by atoms with E-state index < -0.39 is 0 Å². The molecule has 0 radical (unpaired) electrons. The van der Waals surface area contributed by atoms with Crippen molar-refractivity contribution >= 4 is 51.4 Å². The molecule has 1 nitrogen and oxygen atoms in total. The molecule has 1 aromatic carbocycles. The van der Waals surface area contributed by atoms with Crippen LogP contribution in [-0.4, -0.2) is 51.4 Å². The van der Waals surface area contributed by atoms with E-state index in [1.54, 1.807) is 0 Å². The van der Waals surface area contributed by atoms with E-state index in [9.17, 15) is 0 Å². The Labute approximate surface area is 98.1 Å². The minimum atomic E-state index is 0. The van der Waals surface area contributed by atoms with Crippen LogP contribution in [0.4, 0.5) is 0 Å². The summed E-state index contributed by atoms with van der Waals surface area (Å²) in [5, 5.41) is 0. The summed E-state index contributed by atoms with van der Waals surface area (Å²) in [6.07, 6.45) is 0. The number of nitrogens with two attached hydrogens (primary N) is 1. The molecule has 0 aliphatic heterocycles. The van der Waals surface area contributed by atoms with E-state index in [1.165, 1.54) is 5.56 Å². The number of hydrogen-bond donors (Lipinski definition) is 1. The molecule has 44 valence electrons. The third-order valence-electron chi connectivity index (χ3n) is 1.08. The first-order valence-corrected chi connectivity index (χ1v) is 2.67. The summed E-state index contributed by atoms with van der Waals surface area (Å²) in [6.45, 7) is 0.640. The van der Waals surface area contributed by atoms with Crippen molar-refractivity contribution in [3.63, 3.8) is 0 Å². The van der Waals surface area contributed by atoms with Gasteiger partial charge in [0.05, 0.1) is 0 Å². The molecule has 0 spiro atoms. The zero-order valence-electron chi connectivity index (χ0n) is 4.67. The second-order valence-electron chi connectivity index (χ2n) is 1.69. The predicted molar refractivity (Wildman–Crippen MR) is 41.5 cm³/mol. The van der Waals surface area contributed by atoms with Gasteiger partial charge >= 0.3 is 51.4 Å². The number of benzene rings is 1. The average molecular weight is 147 g/mol. The fourth-order valence-electron chi connectivity index (χ4n) is 0.614. The molecule has 0 amide bonds. The Kier molecular flexibility index (Phi) is 6.10. The molecule has 0 saturated heterocycles. The topological polar surface area (TPSA) is 26.0 Å². The zero-order valence-corrected chi connectivity index (χ0v) is 4.67. The van der Waals surface area contributed by atoms with E-state index in [4.69, 9.17) is 5.73 Å². The van der Waals surface area contributed by atoms with Crippen molar-refractivity contribution in [2.45, 2.75) is 6.54 Å². The number of rotatable bonds is 1.